The van der Waals surface area contributed by atoms with E-state index in [0.717, 1.165) is 50.9 Å². The van der Waals surface area contributed by atoms with Crippen LogP contribution in [0.2, 0.25) is 0 Å². The van der Waals surface area contributed by atoms with Crippen LogP contribution in [0.4, 0.5) is 0 Å². The van der Waals surface area contributed by atoms with Crippen molar-refractivity contribution >= 4 is 5.91 Å². The second-order valence-corrected chi connectivity index (χ2v) is 7.58. The molecule has 1 aliphatic carbocycles. The maximum Gasteiger partial charge on any atom is 0.237 e. The molecule has 1 aliphatic heterocycles. The molecule has 25 heavy (non-hydrogen) atoms. The summed E-state index contributed by atoms with van der Waals surface area (Å²) < 4.78 is 0. The Morgan fingerprint density at radius 1 is 1.20 bits per heavy atom. The van der Waals surface area contributed by atoms with E-state index in [2.05, 4.69) is 15.5 Å². The van der Waals surface area contributed by atoms with Gasteiger partial charge in [0.15, 0.2) is 0 Å². The summed E-state index contributed by atoms with van der Waals surface area (Å²) in [6.07, 6.45) is 4.08. The number of carbonyl (C=O) groups is 1. The fourth-order valence-corrected chi connectivity index (χ4v) is 3.39. The van der Waals surface area contributed by atoms with Gasteiger partial charge < -0.3 is 20.6 Å². The Morgan fingerprint density at radius 2 is 1.88 bits per heavy atom. The number of amides is 1. The van der Waals surface area contributed by atoms with Crippen LogP contribution in [-0.4, -0.2) is 54.2 Å². The molecule has 1 aromatic rings. The highest BCUT2D eigenvalue weighted by Gasteiger charge is 2.26. The lowest BCUT2D eigenvalue weighted by molar-refractivity contribution is -0.122. The fraction of sp³-hybridized carbons (Fsp3) is 0.650. The largest absolute Gasteiger partial charge is 0.387 e. The maximum absolute atomic E-state index is 12.0. The van der Waals surface area contributed by atoms with Crippen molar-refractivity contribution < 1.29 is 9.90 Å². The molecule has 138 valence electrons. The number of nitrogens with one attached hydrogen (secondary N) is 2. The van der Waals surface area contributed by atoms with E-state index in [9.17, 15) is 9.90 Å². The Bertz CT molecular complexity index is 539. The molecule has 0 unspecified atom stereocenters. The first-order chi connectivity index (χ1) is 12.1. The number of benzene rings is 1. The van der Waals surface area contributed by atoms with E-state index in [1.807, 2.05) is 37.3 Å². The van der Waals surface area contributed by atoms with Crippen LogP contribution in [0.3, 0.4) is 0 Å². The monoisotopic (exact) mass is 345 g/mol. The summed E-state index contributed by atoms with van der Waals surface area (Å²) in [7, 11) is 0. The smallest absolute Gasteiger partial charge is 0.237 e. The normalized spacial score (nSPS) is 21.7. The van der Waals surface area contributed by atoms with Crippen LogP contribution >= 0.6 is 0 Å². The first-order valence-corrected chi connectivity index (χ1v) is 9.61. The fourth-order valence-electron chi connectivity index (χ4n) is 3.39. The molecule has 1 heterocycles. The Morgan fingerprint density at radius 3 is 2.52 bits per heavy atom. The molecule has 0 spiro atoms. The molecule has 1 saturated heterocycles. The predicted octanol–water partition coefficient (Wildman–Crippen LogP) is 1.69. The van der Waals surface area contributed by atoms with Crippen molar-refractivity contribution in [1.82, 2.24) is 15.5 Å². The molecule has 0 aromatic heterocycles. The standard InChI is InChI=1S/C20H31N3O2/c1-15(20(25)22-18-7-8-18)21-13-16-9-11-23(12-10-16)14-19(24)17-5-3-2-4-6-17/h2-6,15-16,18-19,21,24H,7-14H2,1H3,(H,22,25)/t15-,19+/m0/s1. The molecule has 2 fully saturated rings. The van der Waals surface area contributed by atoms with E-state index in [0.29, 0.717) is 18.5 Å². The second kappa shape index (κ2) is 8.79. The van der Waals surface area contributed by atoms with Gasteiger partial charge >= 0.3 is 0 Å². The first kappa shape index (κ1) is 18.4. The summed E-state index contributed by atoms with van der Waals surface area (Å²) in [5.41, 5.74) is 0.988. The summed E-state index contributed by atoms with van der Waals surface area (Å²) in [4.78, 5) is 14.3. The zero-order chi connectivity index (χ0) is 17.6. The van der Waals surface area contributed by atoms with E-state index in [-0.39, 0.29) is 11.9 Å². The quantitative estimate of drug-likeness (QED) is 0.671. The van der Waals surface area contributed by atoms with Gasteiger partial charge in [0.25, 0.3) is 0 Å². The van der Waals surface area contributed by atoms with Crippen molar-refractivity contribution in [2.24, 2.45) is 5.92 Å². The lowest BCUT2D eigenvalue weighted by Gasteiger charge is -2.33. The molecule has 2 aliphatic rings. The van der Waals surface area contributed by atoms with Gasteiger partial charge in [-0.3, -0.25) is 4.79 Å². The van der Waals surface area contributed by atoms with Gasteiger partial charge in [0, 0.05) is 12.6 Å². The van der Waals surface area contributed by atoms with Gasteiger partial charge in [0.2, 0.25) is 5.91 Å². The number of aliphatic hydroxyl groups excluding tert-OH is 1. The van der Waals surface area contributed by atoms with Gasteiger partial charge in [0.1, 0.15) is 0 Å². The van der Waals surface area contributed by atoms with Crippen LogP contribution in [0.25, 0.3) is 0 Å². The second-order valence-electron chi connectivity index (χ2n) is 7.58. The lowest BCUT2D eigenvalue weighted by atomic mass is 9.96. The molecule has 5 nitrogen and oxygen atoms in total. The van der Waals surface area contributed by atoms with Crippen LogP contribution in [0.1, 0.15) is 44.3 Å². The summed E-state index contributed by atoms with van der Waals surface area (Å²) >= 11 is 0. The van der Waals surface area contributed by atoms with Gasteiger partial charge in [-0.2, -0.15) is 0 Å². The van der Waals surface area contributed by atoms with Crippen molar-refractivity contribution in [3.8, 4) is 0 Å². The maximum atomic E-state index is 12.0. The molecule has 1 aromatic carbocycles. The van der Waals surface area contributed by atoms with Gasteiger partial charge in [0.05, 0.1) is 12.1 Å². The van der Waals surface area contributed by atoms with Crippen LogP contribution in [0.15, 0.2) is 30.3 Å². The zero-order valence-corrected chi connectivity index (χ0v) is 15.2. The highest BCUT2D eigenvalue weighted by Crippen LogP contribution is 2.21. The Labute approximate surface area is 150 Å². The highest BCUT2D eigenvalue weighted by molar-refractivity contribution is 5.81. The van der Waals surface area contributed by atoms with Gasteiger partial charge in [-0.25, -0.2) is 0 Å². The number of carbonyl (C=O) groups excluding carboxylic acids is 1. The minimum atomic E-state index is -0.415. The van der Waals surface area contributed by atoms with E-state index in [4.69, 9.17) is 0 Å². The van der Waals surface area contributed by atoms with Gasteiger partial charge in [-0.15, -0.1) is 0 Å². The Hall–Kier alpha value is -1.43. The molecular formula is C20H31N3O2. The number of nitrogens with zero attached hydrogens (tertiary/aromatic N) is 1. The Kier molecular flexibility index (Phi) is 6.45. The average Bonchev–Trinajstić information content (AvgIpc) is 3.45. The SMILES string of the molecule is C[C@H](NCC1CCN(C[C@@H](O)c2ccccc2)CC1)C(=O)NC1CC1. The number of hydrogen-bond acceptors (Lipinski definition) is 4. The molecule has 3 rings (SSSR count). The van der Waals surface area contributed by atoms with E-state index in [1.165, 1.54) is 0 Å². The van der Waals surface area contributed by atoms with Crippen molar-refractivity contribution in [3.63, 3.8) is 0 Å². The van der Waals surface area contributed by atoms with E-state index < -0.39 is 6.10 Å². The average molecular weight is 345 g/mol. The molecule has 1 saturated carbocycles. The Balaban J connectivity index is 1.33. The first-order valence-electron chi connectivity index (χ1n) is 9.61. The van der Waals surface area contributed by atoms with Crippen molar-refractivity contribution in [2.45, 2.75) is 50.8 Å². The topological polar surface area (TPSA) is 64.6 Å². The minimum absolute atomic E-state index is 0.112. The zero-order valence-electron chi connectivity index (χ0n) is 15.2. The summed E-state index contributed by atoms with van der Waals surface area (Å²) in [5.74, 6) is 0.743. The number of aliphatic hydroxyl groups is 1. The third kappa shape index (κ3) is 5.80. The highest BCUT2D eigenvalue weighted by atomic mass is 16.3. The third-order valence-corrected chi connectivity index (χ3v) is 5.35. The third-order valence-electron chi connectivity index (χ3n) is 5.35. The van der Waals surface area contributed by atoms with Crippen LogP contribution in [0, 0.1) is 5.92 Å². The molecule has 1 amide bonds. The summed E-state index contributed by atoms with van der Waals surface area (Å²) in [6.45, 7) is 5.57. The van der Waals surface area contributed by atoms with Gasteiger partial charge in [-0.05, 0) is 63.7 Å². The van der Waals surface area contributed by atoms with Crippen LogP contribution in [0.5, 0.6) is 0 Å². The van der Waals surface area contributed by atoms with Crippen molar-refractivity contribution in [2.75, 3.05) is 26.2 Å². The molecule has 5 heteroatoms. The molecule has 0 bridgehead atoms. The van der Waals surface area contributed by atoms with E-state index >= 15 is 0 Å². The van der Waals surface area contributed by atoms with Crippen molar-refractivity contribution in [1.29, 1.82) is 0 Å². The molecule has 2 atom stereocenters. The molecule has 0 radical (unpaired) electrons. The summed E-state index contributed by atoms with van der Waals surface area (Å²) in [6, 6.07) is 10.2. The number of piperidine rings is 1. The number of hydrogen-bond donors (Lipinski definition) is 3. The lowest BCUT2D eigenvalue weighted by Crippen LogP contribution is -2.46. The molecule has 3 N–H and O–H groups in total. The number of likely N-dealkylation sites (tertiary alicyclic amines) is 1. The number of rotatable bonds is 8. The predicted molar refractivity (Wildman–Crippen MR) is 99.2 cm³/mol. The van der Waals surface area contributed by atoms with Crippen LogP contribution in [-0.2, 0) is 4.79 Å². The molecular weight excluding hydrogens is 314 g/mol. The van der Waals surface area contributed by atoms with E-state index in [1.54, 1.807) is 0 Å². The van der Waals surface area contributed by atoms with Crippen molar-refractivity contribution in [3.05, 3.63) is 35.9 Å². The minimum Gasteiger partial charge on any atom is -0.387 e. The van der Waals surface area contributed by atoms with Crippen LogP contribution < -0.4 is 10.6 Å². The summed E-state index contributed by atoms with van der Waals surface area (Å²) in [5, 5.41) is 16.8. The van der Waals surface area contributed by atoms with Gasteiger partial charge in [-0.1, -0.05) is 30.3 Å². The number of β-amino-alcohol motifs (C(OH)–C–C–N with tert-alkyl or cyclic N) is 1.